The molecule has 114 valence electrons. The SMILES string of the molecule is CC1(C)C[C@H](NC(=O)c2ccc(Br)cc2)c2ccccc2O1. The van der Waals surface area contributed by atoms with Crippen molar-refractivity contribution in [3.8, 4) is 5.75 Å². The highest BCUT2D eigenvalue weighted by molar-refractivity contribution is 9.10. The Kier molecular flexibility index (Phi) is 3.96. The number of para-hydroxylation sites is 1. The van der Waals surface area contributed by atoms with E-state index in [1.165, 1.54) is 0 Å². The summed E-state index contributed by atoms with van der Waals surface area (Å²) in [5.41, 5.74) is 1.39. The molecule has 2 aromatic rings. The van der Waals surface area contributed by atoms with E-state index in [9.17, 15) is 4.79 Å². The molecular weight excluding hydrogens is 342 g/mol. The van der Waals surface area contributed by atoms with E-state index in [0.717, 1.165) is 22.2 Å². The fraction of sp³-hybridized carbons (Fsp3) is 0.278. The Bertz CT molecular complexity index is 694. The van der Waals surface area contributed by atoms with Gasteiger partial charge in [0.15, 0.2) is 0 Å². The first-order valence-electron chi connectivity index (χ1n) is 7.29. The first kappa shape index (κ1) is 15.1. The van der Waals surface area contributed by atoms with Crippen LogP contribution < -0.4 is 10.1 Å². The number of hydrogen-bond acceptors (Lipinski definition) is 2. The monoisotopic (exact) mass is 359 g/mol. The van der Waals surface area contributed by atoms with Crippen LogP contribution in [0.1, 0.15) is 42.2 Å². The number of hydrogen-bond donors (Lipinski definition) is 1. The minimum atomic E-state index is -0.300. The van der Waals surface area contributed by atoms with Crippen LogP contribution in [-0.4, -0.2) is 11.5 Å². The van der Waals surface area contributed by atoms with Crippen LogP contribution in [-0.2, 0) is 0 Å². The molecule has 3 nitrogen and oxygen atoms in total. The predicted octanol–water partition coefficient (Wildman–Crippen LogP) is 4.48. The highest BCUT2D eigenvalue weighted by Gasteiger charge is 2.34. The Morgan fingerprint density at radius 3 is 2.59 bits per heavy atom. The molecule has 0 bridgehead atoms. The predicted molar refractivity (Wildman–Crippen MR) is 90.1 cm³/mol. The maximum absolute atomic E-state index is 12.5. The maximum Gasteiger partial charge on any atom is 0.251 e. The molecule has 1 heterocycles. The van der Waals surface area contributed by atoms with E-state index in [0.29, 0.717) is 5.56 Å². The summed E-state index contributed by atoms with van der Waals surface area (Å²) in [5, 5.41) is 3.13. The van der Waals surface area contributed by atoms with Gasteiger partial charge in [-0.2, -0.15) is 0 Å². The number of carbonyl (C=O) groups is 1. The van der Waals surface area contributed by atoms with Crippen molar-refractivity contribution in [3.05, 3.63) is 64.1 Å². The van der Waals surface area contributed by atoms with Gasteiger partial charge in [-0.1, -0.05) is 34.1 Å². The summed E-state index contributed by atoms with van der Waals surface area (Å²) in [4.78, 5) is 12.5. The zero-order chi connectivity index (χ0) is 15.7. The standard InChI is InChI=1S/C18H18BrNO2/c1-18(2)11-15(14-5-3-4-6-16(14)22-18)20-17(21)12-7-9-13(19)10-8-12/h3-10,15H,11H2,1-2H3,(H,20,21)/t15-/m0/s1. The summed E-state index contributed by atoms with van der Waals surface area (Å²) >= 11 is 3.38. The number of amides is 1. The van der Waals surface area contributed by atoms with Crippen LogP contribution in [0, 0.1) is 0 Å². The van der Waals surface area contributed by atoms with Gasteiger partial charge in [-0.15, -0.1) is 0 Å². The number of rotatable bonds is 2. The summed E-state index contributed by atoms with van der Waals surface area (Å²) in [6, 6.07) is 15.2. The second-order valence-electron chi connectivity index (χ2n) is 6.14. The third-order valence-electron chi connectivity index (χ3n) is 3.79. The van der Waals surface area contributed by atoms with Crippen LogP contribution in [0.25, 0.3) is 0 Å². The Morgan fingerprint density at radius 1 is 1.18 bits per heavy atom. The molecule has 0 spiro atoms. The molecule has 1 aliphatic heterocycles. The molecule has 4 heteroatoms. The van der Waals surface area contributed by atoms with E-state index < -0.39 is 0 Å². The van der Waals surface area contributed by atoms with Crippen molar-refractivity contribution in [3.63, 3.8) is 0 Å². The molecule has 1 aliphatic rings. The van der Waals surface area contributed by atoms with Gasteiger partial charge >= 0.3 is 0 Å². The minimum absolute atomic E-state index is 0.0453. The lowest BCUT2D eigenvalue weighted by atomic mass is 9.89. The molecule has 0 aromatic heterocycles. The second-order valence-corrected chi connectivity index (χ2v) is 7.05. The lowest BCUT2D eigenvalue weighted by Gasteiger charge is -2.37. The van der Waals surface area contributed by atoms with Gasteiger partial charge in [-0.3, -0.25) is 4.79 Å². The lowest BCUT2D eigenvalue weighted by Crippen LogP contribution is -2.41. The van der Waals surface area contributed by atoms with E-state index in [-0.39, 0.29) is 17.6 Å². The average molecular weight is 360 g/mol. The number of nitrogens with one attached hydrogen (secondary N) is 1. The molecule has 22 heavy (non-hydrogen) atoms. The Morgan fingerprint density at radius 2 is 1.86 bits per heavy atom. The molecule has 1 amide bonds. The number of benzene rings is 2. The van der Waals surface area contributed by atoms with E-state index in [1.54, 1.807) is 0 Å². The topological polar surface area (TPSA) is 38.3 Å². The first-order valence-corrected chi connectivity index (χ1v) is 8.08. The Hall–Kier alpha value is -1.81. The van der Waals surface area contributed by atoms with Gasteiger partial charge in [0.25, 0.3) is 5.91 Å². The highest BCUT2D eigenvalue weighted by atomic mass is 79.9. The molecule has 0 unspecified atom stereocenters. The maximum atomic E-state index is 12.5. The van der Waals surface area contributed by atoms with Crippen LogP contribution in [0.4, 0.5) is 0 Å². The van der Waals surface area contributed by atoms with Gasteiger partial charge in [0, 0.05) is 22.0 Å². The smallest absolute Gasteiger partial charge is 0.251 e. The van der Waals surface area contributed by atoms with Crippen molar-refractivity contribution in [2.75, 3.05) is 0 Å². The van der Waals surface area contributed by atoms with E-state index in [4.69, 9.17) is 4.74 Å². The first-order chi connectivity index (χ1) is 10.4. The zero-order valence-electron chi connectivity index (χ0n) is 12.6. The van der Waals surface area contributed by atoms with Gasteiger partial charge in [-0.05, 0) is 44.2 Å². The van der Waals surface area contributed by atoms with Crippen molar-refractivity contribution in [2.24, 2.45) is 0 Å². The summed E-state index contributed by atoms with van der Waals surface area (Å²) < 4.78 is 6.95. The van der Waals surface area contributed by atoms with Gasteiger partial charge in [0.1, 0.15) is 11.4 Å². The molecule has 3 rings (SSSR count). The molecule has 2 aromatic carbocycles. The van der Waals surface area contributed by atoms with E-state index in [1.807, 2.05) is 62.4 Å². The summed E-state index contributed by atoms with van der Waals surface area (Å²) in [6.07, 6.45) is 0.742. The van der Waals surface area contributed by atoms with Crippen molar-refractivity contribution in [2.45, 2.75) is 31.9 Å². The van der Waals surface area contributed by atoms with Crippen LogP contribution in [0.5, 0.6) is 5.75 Å². The molecule has 0 aliphatic carbocycles. The quantitative estimate of drug-likeness (QED) is 0.858. The van der Waals surface area contributed by atoms with Crippen molar-refractivity contribution in [1.82, 2.24) is 5.32 Å². The third-order valence-corrected chi connectivity index (χ3v) is 4.32. The van der Waals surface area contributed by atoms with Gasteiger partial charge in [0.05, 0.1) is 6.04 Å². The molecule has 1 atom stereocenters. The number of fused-ring (bicyclic) bond motifs is 1. The normalized spacial score (nSPS) is 19.0. The largest absolute Gasteiger partial charge is 0.487 e. The van der Waals surface area contributed by atoms with Crippen molar-refractivity contribution in [1.29, 1.82) is 0 Å². The Balaban J connectivity index is 1.85. The molecular formula is C18H18BrNO2. The fourth-order valence-corrected chi connectivity index (χ4v) is 3.04. The summed E-state index contributed by atoms with van der Waals surface area (Å²) in [7, 11) is 0. The number of ether oxygens (including phenoxy) is 1. The summed E-state index contributed by atoms with van der Waals surface area (Å²) in [6.45, 7) is 4.09. The molecule has 1 N–H and O–H groups in total. The van der Waals surface area contributed by atoms with Gasteiger partial charge in [-0.25, -0.2) is 0 Å². The third kappa shape index (κ3) is 3.17. The van der Waals surface area contributed by atoms with Crippen molar-refractivity contribution >= 4 is 21.8 Å². The fourth-order valence-electron chi connectivity index (χ4n) is 2.77. The molecule has 0 saturated heterocycles. The lowest BCUT2D eigenvalue weighted by molar-refractivity contribution is 0.0620. The van der Waals surface area contributed by atoms with Crippen LogP contribution in [0.3, 0.4) is 0 Å². The van der Waals surface area contributed by atoms with Crippen LogP contribution >= 0.6 is 15.9 Å². The van der Waals surface area contributed by atoms with Gasteiger partial charge in [0.2, 0.25) is 0 Å². The van der Waals surface area contributed by atoms with Crippen LogP contribution in [0.15, 0.2) is 53.0 Å². The zero-order valence-corrected chi connectivity index (χ0v) is 14.2. The second kappa shape index (κ2) is 5.76. The molecule has 0 fully saturated rings. The number of carbonyl (C=O) groups excluding carboxylic acids is 1. The molecule has 0 radical (unpaired) electrons. The highest BCUT2D eigenvalue weighted by Crippen LogP contribution is 2.39. The molecule has 0 saturated carbocycles. The van der Waals surface area contributed by atoms with Crippen molar-refractivity contribution < 1.29 is 9.53 Å². The van der Waals surface area contributed by atoms with Gasteiger partial charge < -0.3 is 10.1 Å². The summed E-state index contributed by atoms with van der Waals surface area (Å²) in [5.74, 6) is 0.782. The van der Waals surface area contributed by atoms with E-state index in [2.05, 4.69) is 21.2 Å². The Labute approximate surface area is 138 Å². The minimum Gasteiger partial charge on any atom is -0.487 e. The number of halogens is 1. The van der Waals surface area contributed by atoms with E-state index >= 15 is 0 Å². The average Bonchev–Trinajstić information content (AvgIpc) is 2.46. The van der Waals surface area contributed by atoms with Crippen LogP contribution in [0.2, 0.25) is 0 Å².